The number of benzene rings is 4. The van der Waals surface area contributed by atoms with Crippen LogP contribution in [-0.4, -0.2) is 23.2 Å². The maximum Gasteiger partial charge on any atom is 0.397 e. The van der Waals surface area contributed by atoms with Crippen LogP contribution in [0.3, 0.4) is 0 Å². The molecule has 0 heterocycles. The zero-order valence-corrected chi connectivity index (χ0v) is 19.7. The molecule has 0 aliphatic heterocycles. The lowest BCUT2D eigenvalue weighted by Gasteiger charge is -2.12. The summed E-state index contributed by atoms with van der Waals surface area (Å²) < 4.78 is 35.2. The lowest BCUT2D eigenvalue weighted by atomic mass is 10.0. The van der Waals surface area contributed by atoms with Crippen molar-refractivity contribution in [2.45, 2.75) is 22.2 Å². The molecule has 0 spiro atoms. The van der Waals surface area contributed by atoms with E-state index in [-0.39, 0.29) is 29.0 Å². The van der Waals surface area contributed by atoms with Crippen molar-refractivity contribution in [3.05, 3.63) is 108 Å². The van der Waals surface area contributed by atoms with Crippen molar-refractivity contribution >= 4 is 21.3 Å². The van der Waals surface area contributed by atoms with Crippen molar-refractivity contribution in [2.75, 3.05) is 0 Å². The zero-order chi connectivity index (χ0) is 24.1. The monoisotopic (exact) mass is 495 g/mol. The predicted octanol–water partition coefficient (Wildman–Crippen LogP) is 5.32. The van der Waals surface area contributed by atoms with Gasteiger partial charge in [-0.3, -0.25) is 4.55 Å². The van der Waals surface area contributed by atoms with Gasteiger partial charge in [-0.05, 0) is 53.6 Å². The van der Waals surface area contributed by atoms with Crippen LogP contribution in [0, 0.1) is 0 Å². The van der Waals surface area contributed by atoms with Crippen LogP contribution in [0.15, 0.2) is 107 Å². The van der Waals surface area contributed by atoms with E-state index in [2.05, 4.69) is 16.3 Å². The van der Waals surface area contributed by atoms with Crippen LogP contribution in [0.1, 0.15) is 11.1 Å². The number of hydrogen-bond donors (Lipinski definition) is 3. The summed E-state index contributed by atoms with van der Waals surface area (Å²) in [5.41, 5.74) is 2.97. The molecule has 4 aromatic rings. The van der Waals surface area contributed by atoms with Gasteiger partial charge in [-0.25, -0.2) is 4.18 Å². The van der Waals surface area contributed by atoms with E-state index in [1.165, 1.54) is 0 Å². The summed E-state index contributed by atoms with van der Waals surface area (Å²) in [5, 5.41) is 20.4. The van der Waals surface area contributed by atoms with Crippen LogP contribution in [-0.2, 0) is 37.8 Å². The number of rotatable bonds is 8. The van der Waals surface area contributed by atoms with E-state index < -0.39 is 10.4 Å². The highest BCUT2D eigenvalue weighted by atomic mass is 32.3. The Morgan fingerprint density at radius 2 is 1.41 bits per heavy atom. The summed E-state index contributed by atoms with van der Waals surface area (Å²) in [4.78, 5) is 2.05. The van der Waals surface area contributed by atoms with E-state index in [1.807, 2.05) is 48.5 Å². The first-order chi connectivity index (χ1) is 16.3. The van der Waals surface area contributed by atoms with Crippen LogP contribution in [0.25, 0.3) is 11.1 Å². The fourth-order valence-electron chi connectivity index (χ4n) is 3.52. The SMILES string of the molecule is O=S(=O)(O)OCc1cccc(-c2cc([S+](Cc3ccccc3)c3ccc(O)cc3)ccc2O)c1. The minimum atomic E-state index is -4.56. The topological polar surface area (TPSA) is 104 Å². The second-order valence-electron chi connectivity index (χ2n) is 7.58. The molecule has 8 heteroatoms. The zero-order valence-electron chi connectivity index (χ0n) is 18.0. The summed E-state index contributed by atoms with van der Waals surface area (Å²) in [6, 6.07) is 29.6. The van der Waals surface area contributed by atoms with E-state index in [4.69, 9.17) is 4.55 Å². The average molecular weight is 496 g/mol. The Kier molecular flexibility index (Phi) is 7.23. The maximum absolute atomic E-state index is 10.9. The molecule has 0 aliphatic rings. The smallest absolute Gasteiger partial charge is 0.397 e. The summed E-state index contributed by atoms with van der Waals surface area (Å²) in [5.74, 6) is 1.03. The standard InChI is InChI=1S/C26H22O6S2/c27-22-9-11-23(12-10-22)33(18-19-5-2-1-3-6-19)24-13-14-26(28)25(16-24)21-8-4-7-20(15-21)17-32-34(29,30)31/h1-16H,17-18H2,(H2-,27,28,29,30,31)/p+1. The van der Waals surface area contributed by atoms with Crippen molar-refractivity contribution < 1.29 is 27.4 Å². The molecule has 1 atom stereocenters. The van der Waals surface area contributed by atoms with Gasteiger partial charge in [0, 0.05) is 17.2 Å². The Balaban J connectivity index is 1.72. The largest absolute Gasteiger partial charge is 0.508 e. The first-order valence-corrected chi connectivity index (χ1v) is 13.1. The molecule has 0 aliphatic carbocycles. The van der Waals surface area contributed by atoms with Gasteiger partial charge < -0.3 is 10.2 Å². The molecule has 0 bridgehead atoms. The van der Waals surface area contributed by atoms with E-state index in [0.717, 1.165) is 21.1 Å². The highest BCUT2D eigenvalue weighted by Gasteiger charge is 2.27. The summed E-state index contributed by atoms with van der Waals surface area (Å²) in [6.07, 6.45) is 0. The van der Waals surface area contributed by atoms with Gasteiger partial charge in [0.15, 0.2) is 9.79 Å². The summed E-state index contributed by atoms with van der Waals surface area (Å²) in [7, 11) is -4.94. The molecule has 0 radical (unpaired) electrons. The predicted molar refractivity (Wildman–Crippen MR) is 132 cm³/mol. The molecule has 34 heavy (non-hydrogen) atoms. The van der Waals surface area contributed by atoms with Crippen LogP contribution in [0.5, 0.6) is 11.5 Å². The Morgan fingerprint density at radius 3 is 2.12 bits per heavy atom. The van der Waals surface area contributed by atoms with Crippen LogP contribution < -0.4 is 0 Å². The molecule has 6 nitrogen and oxygen atoms in total. The fourth-order valence-corrected chi connectivity index (χ4v) is 5.90. The second kappa shape index (κ2) is 10.3. The van der Waals surface area contributed by atoms with Crippen LogP contribution in [0.4, 0.5) is 0 Å². The molecule has 4 aromatic carbocycles. The van der Waals surface area contributed by atoms with Crippen molar-refractivity contribution in [3.8, 4) is 22.6 Å². The number of phenolic OH excluding ortho intramolecular Hbond substituents is 2. The van der Waals surface area contributed by atoms with Gasteiger partial charge in [-0.1, -0.05) is 48.5 Å². The Morgan fingerprint density at radius 1 is 0.735 bits per heavy atom. The molecule has 0 amide bonds. The van der Waals surface area contributed by atoms with Crippen molar-refractivity contribution in [1.29, 1.82) is 0 Å². The van der Waals surface area contributed by atoms with Gasteiger partial charge in [0.1, 0.15) is 17.3 Å². The van der Waals surface area contributed by atoms with Gasteiger partial charge in [-0.15, -0.1) is 0 Å². The molecule has 3 N–H and O–H groups in total. The molecular formula is C26H23O6S2+. The molecule has 4 rings (SSSR count). The third-order valence-corrected chi connectivity index (χ3v) is 7.84. The third kappa shape index (κ3) is 6.18. The van der Waals surface area contributed by atoms with E-state index in [0.29, 0.717) is 16.7 Å². The number of phenols is 2. The highest BCUT2D eigenvalue weighted by Crippen LogP contribution is 2.36. The highest BCUT2D eigenvalue weighted by molar-refractivity contribution is 7.96. The van der Waals surface area contributed by atoms with Crippen molar-refractivity contribution in [1.82, 2.24) is 0 Å². The van der Waals surface area contributed by atoms with Gasteiger partial charge in [-0.2, -0.15) is 8.42 Å². The molecule has 0 aromatic heterocycles. The average Bonchev–Trinajstić information content (AvgIpc) is 2.83. The lowest BCUT2D eigenvalue weighted by molar-refractivity contribution is 0.259. The van der Waals surface area contributed by atoms with Gasteiger partial charge in [0.25, 0.3) is 0 Å². The number of hydrogen-bond acceptors (Lipinski definition) is 5. The van der Waals surface area contributed by atoms with Crippen molar-refractivity contribution in [3.63, 3.8) is 0 Å². The third-order valence-electron chi connectivity index (χ3n) is 5.14. The Labute approximate surface area is 201 Å². The molecular weight excluding hydrogens is 472 g/mol. The normalized spacial score (nSPS) is 12.4. The van der Waals surface area contributed by atoms with Gasteiger partial charge in [0.2, 0.25) is 0 Å². The first-order valence-electron chi connectivity index (χ1n) is 10.4. The molecule has 0 saturated carbocycles. The summed E-state index contributed by atoms with van der Waals surface area (Å²) in [6.45, 7) is -0.320. The van der Waals surface area contributed by atoms with E-state index in [1.54, 1.807) is 36.4 Å². The molecule has 0 fully saturated rings. The Bertz CT molecular complexity index is 1370. The van der Waals surface area contributed by atoms with E-state index >= 15 is 0 Å². The summed E-state index contributed by atoms with van der Waals surface area (Å²) >= 11 is 0. The van der Waals surface area contributed by atoms with Gasteiger partial charge >= 0.3 is 10.4 Å². The quantitative estimate of drug-likeness (QED) is 0.226. The second-order valence-corrected chi connectivity index (χ2v) is 10.7. The van der Waals surface area contributed by atoms with E-state index in [9.17, 15) is 18.6 Å². The van der Waals surface area contributed by atoms with Crippen molar-refractivity contribution in [2.24, 2.45) is 0 Å². The Hall–Kier alpha value is -3.30. The lowest BCUT2D eigenvalue weighted by Crippen LogP contribution is -2.07. The molecule has 1 unspecified atom stereocenters. The van der Waals surface area contributed by atoms with Crippen LogP contribution in [0.2, 0.25) is 0 Å². The fraction of sp³-hybridized carbons (Fsp3) is 0.0769. The molecule has 174 valence electrons. The maximum atomic E-state index is 10.9. The number of aromatic hydroxyl groups is 2. The first kappa shape index (κ1) is 23.8. The minimum absolute atomic E-state index is 0.0885. The molecule has 0 saturated heterocycles. The minimum Gasteiger partial charge on any atom is -0.508 e. The van der Waals surface area contributed by atoms with Crippen LogP contribution >= 0.6 is 0 Å². The van der Waals surface area contributed by atoms with Gasteiger partial charge in [0.05, 0.1) is 17.5 Å².